The van der Waals surface area contributed by atoms with Crippen LogP contribution >= 0.6 is 0 Å². The minimum absolute atomic E-state index is 0.545. The highest BCUT2D eigenvalue weighted by Gasteiger charge is 2.21. The highest BCUT2D eigenvalue weighted by molar-refractivity contribution is 5.94. The summed E-state index contributed by atoms with van der Waals surface area (Å²) >= 11 is 0. The fraction of sp³-hybridized carbons (Fsp3) is 0.438. The summed E-state index contributed by atoms with van der Waals surface area (Å²) in [5.41, 5.74) is 6.95. The molecule has 2 heterocycles. The Balaban J connectivity index is 2.13. The van der Waals surface area contributed by atoms with Gasteiger partial charge in [-0.2, -0.15) is 0 Å². The van der Waals surface area contributed by atoms with E-state index < -0.39 is 0 Å². The number of hydrogen-bond acceptors (Lipinski definition) is 3. The molecular weight excluding hydrogens is 234 g/mol. The van der Waals surface area contributed by atoms with Gasteiger partial charge in [-0.3, -0.25) is 0 Å². The molecule has 0 bridgehead atoms. The molecule has 1 aromatic carbocycles. The fourth-order valence-corrected chi connectivity index (χ4v) is 3.04. The van der Waals surface area contributed by atoms with Gasteiger partial charge in [-0.15, -0.1) is 0 Å². The normalized spacial score (nSPS) is 19.9. The second-order valence-electron chi connectivity index (χ2n) is 5.39. The molecule has 1 aromatic heterocycles. The van der Waals surface area contributed by atoms with Gasteiger partial charge in [0.05, 0.1) is 0 Å². The van der Waals surface area contributed by atoms with Crippen molar-refractivity contribution in [1.82, 2.24) is 4.98 Å². The van der Waals surface area contributed by atoms with Crippen LogP contribution in [0.15, 0.2) is 30.5 Å². The van der Waals surface area contributed by atoms with Crippen molar-refractivity contribution in [2.45, 2.75) is 38.8 Å². The van der Waals surface area contributed by atoms with Gasteiger partial charge in [0.15, 0.2) is 0 Å². The average molecular weight is 255 g/mol. The molecule has 3 heteroatoms. The first-order valence-electron chi connectivity index (χ1n) is 7.14. The second kappa shape index (κ2) is 5.17. The van der Waals surface area contributed by atoms with E-state index in [1.54, 1.807) is 0 Å². The van der Waals surface area contributed by atoms with Gasteiger partial charge in [-0.05, 0) is 37.1 Å². The predicted octanol–water partition coefficient (Wildman–Crippen LogP) is 3.07. The van der Waals surface area contributed by atoms with Crippen LogP contribution in [0, 0.1) is 0 Å². The van der Waals surface area contributed by atoms with Gasteiger partial charge in [0.25, 0.3) is 0 Å². The van der Waals surface area contributed by atoms with Crippen molar-refractivity contribution in [2.24, 2.45) is 5.73 Å². The average Bonchev–Trinajstić information content (AvgIpc) is 2.47. The monoisotopic (exact) mass is 255 g/mol. The number of piperidine rings is 1. The number of pyridine rings is 1. The molecule has 1 fully saturated rings. The van der Waals surface area contributed by atoms with Gasteiger partial charge in [0.2, 0.25) is 0 Å². The minimum Gasteiger partial charge on any atom is -0.353 e. The lowest BCUT2D eigenvalue weighted by atomic mass is 10.0. The van der Waals surface area contributed by atoms with Crippen LogP contribution in [0.4, 0.5) is 5.82 Å². The number of anilines is 1. The molecule has 2 N–H and O–H groups in total. The Morgan fingerprint density at radius 2 is 2.05 bits per heavy atom. The van der Waals surface area contributed by atoms with Gasteiger partial charge in [-0.1, -0.05) is 24.3 Å². The fourth-order valence-electron chi connectivity index (χ4n) is 3.04. The van der Waals surface area contributed by atoms with E-state index in [2.05, 4.69) is 36.1 Å². The van der Waals surface area contributed by atoms with E-state index in [9.17, 15) is 0 Å². The van der Waals surface area contributed by atoms with Crippen LogP contribution in [-0.4, -0.2) is 17.6 Å². The summed E-state index contributed by atoms with van der Waals surface area (Å²) in [6, 6.07) is 9.05. The summed E-state index contributed by atoms with van der Waals surface area (Å²) in [5, 5.41) is 2.48. The molecule has 1 aliphatic heterocycles. The molecule has 1 atom stereocenters. The Morgan fingerprint density at radius 1 is 1.26 bits per heavy atom. The van der Waals surface area contributed by atoms with Gasteiger partial charge >= 0.3 is 0 Å². The third-order valence-corrected chi connectivity index (χ3v) is 4.15. The lowest BCUT2D eigenvalue weighted by Crippen LogP contribution is -2.38. The molecule has 0 amide bonds. The third-order valence-electron chi connectivity index (χ3n) is 4.15. The highest BCUT2D eigenvalue weighted by Crippen LogP contribution is 2.31. The number of benzene rings is 1. The van der Waals surface area contributed by atoms with E-state index in [0.717, 1.165) is 17.9 Å². The summed E-state index contributed by atoms with van der Waals surface area (Å²) in [5.74, 6) is 1.13. The molecule has 100 valence electrons. The van der Waals surface area contributed by atoms with E-state index in [1.165, 1.54) is 30.0 Å². The van der Waals surface area contributed by atoms with Crippen molar-refractivity contribution in [3.8, 4) is 0 Å². The van der Waals surface area contributed by atoms with Crippen LogP contribution in [0.5, 0.6) is 0 Å². The first-order valence-corrected chi connectivity index (χ1v) is 7.14. The third kappa shape index (κ3) is 2.19. The molecule has 19 heavy (non-hydrogen) atoms. The zero-order valence-electron chi connectivity index (χ0n) is 11.5. The minimum atomic E-state index is 0.545. The number of aromatic nitrogens is 1. The second-order valence-corrected chi connectivity index (χ2v) is 5.39. The highest BCUT2D eigenvalue weighted by atomic mass is 15.2. The molecule has 0 saturated carbocycles. The summed E-state index contributed by atoms with van der Waals surface area (Å²) in [4.78, 5) is 7.15. The molecule has 1 unspecified atom stereocenters. The van der Waals surface area contributed by atoms with Crippen LogP contribution in [-0.2, 0) is 6.54 Å². The van der Waals surface area contributed by atoms with Crippen molar-refractivity contribution in [3.63, 3.8) is 0 Å². The molecule has 3 nitrogen and oxygen atoms in total. The van der Waals surface area contributed by atoms with E-state index in [1.807, 2.05) is 6.20 Å². The molecule has 2 aromatic rings. The van der Waals surface area contributed by atoms with Gasteiger partial charge < -0.3 is 10.6 Å². The number of nitrogens with zero attached hydrogens (tertiary/aromatic N) is 2. The van der Waals surface area contributed by atoms with Crippen molar-refractivity contribution in [1.29, 1.82) is 0 Å². The van der Waals surface area contributed by atoms with Gasteiger partial charge in [0, 0.05) is 30.7 Å². The number of fused-ring (bicyclic) bond motifs is 1. The van der Waals surface area contributed by atoms with Crippen molar-refractivity contribution >= 4 is 16.6 Å². The standard InChI is InChI=1S/C16H21N3/c1-12-6-4-5-9-19(12)16-15-8-3-2-7-14(15)13(10-17)11-18-16/h2-3,7-8,11-12H,4-6,9-10,17H2,1H3. The van der Waals surface area contributed by atoms with E-state index in [4.69, 9.17) is 10.7 Å². The molecular formula is C16H21N3. The molecule has 3 rings (SSSR count). The van der Waals surface area contributed by atoms with Crippen molar-refractivity contribution in [2.75, 3.05) is 11.4 Å². The quantitative estimate of drug-likeness (QED) is 0.896. The van der Waals surface area contributed by atoms with Crippen molar-refractivity contribution < 1.29 is 0 Å². The Kier molecular flexibility index (Phi) is 3.38. The summed E-state index contributed by atoms with van der Waals surface area (Å²) in [6.07, 6.45) is 5.79. The topological polar surface area (TPSA) is 42.2 Å². The largest absolute Gasteiger partial charge is 0.353 e. The van der Waals surface area contributed by atoms with Crippen LogP contribution in [0.25, 0.3) is 10.8 Å². The molecule has 0 radical (unpaired) electrons. The zero-order valence-corrected chi connectivity index (χ0v) is 11.5. The molecule has 1 aliphatic rings. The van der Waals surface area contributed by atoms with Crippen LogP contribution in [0.2, 0.25) is 0 Å². The molecule has 0 aliphatic carbocycles. The van der Waals surface area contributed by atoms with Gasteiger partial charge in [-0.25, -0.2) is 4.98 Å². The first kappa shape index (κ1) is 12.4. The summed E-state index contributed by atoms with van der Waals surface area (Å²) in [6.45, 7) is 3.95. The number of hydrogen-bond donors (Lipinski definition) is 1. The van der Waals surface area contributed by atoms with Crippen molar-refractivity contribution in [3.05, 3.63) is 36.0 Å². The maximum atomic E-state index is 5.82. The maximum absolute atomic E-state index is 5.82. The molecule has 0 spiro atoms. The summed E-state index contributed by atoms with van der Waals surface area (Å²) in [7, 11) is 0. The smallest absolute Gasteiger partial charge is 0.136 e. The van der Waals surface area contributed by atoms with E-state index in [-0.39, 0.29) is 0 Å². The SMILES string of the molecule is CC1CCCCN1c1ncc(CN)c2ccccc12. The maximum Gasteiger partial charge on any atom is 0.136 e. The lowest BCUT2D eigenvalue weighted by molar-refractivity contribution is 0.482. The Labute approximate surface area is 114 Å². The van der Waals surface area contributed by atoms with E-state index >= 15 is 0 Å². The Hall–Kier alpha value is -1.61. The Morgan fingerprint density at radius 3 is 2.79 bits per heavy atom. The number of nitrogens with two attached hydrogens (primary N) is 1. The van der Waals surface area contributed by atoms with Gasteiger partial charge in [0.1, 0.15) is 5.82 Å². The predicted molar refractivity (Wildman–Crippen MR) is 80.3 cm³/mol. The zero-order chi connectivity index (χ0) is 13.2. The first-order chi connectivity index (χ1) is 9.31. The van der Waals surface area contributed by atoms with Crippen LogP contribution in [0.1, 0.15) is 31.7 Å². The van der Waals surface area contributed by atoms with E-state index in [0.29, 0.717) is 12.6 Å². The number of rotatable bonds is 2. The Bertz CT molecular complexity index is 579. The lowest BCUT2D eigenvalue weighted by Gasteiger charge is -2.35. The molecule has 1 saturated heterocycles. The summed E-state index contributed by atoms with van der Waals surface area (Å²) < 4.78 is 0. The van der Waals surface area contributed by atoms with Crippen LogP contribution in [0.3, 0.4) is 0 Å². The van der Waals surface area contributed by atoms with Crippen LogP contribution < -0.4 is 10.6 Å².